The highest BCUT2D eigenvalue weighted by Gasteiger charge is 2.15. The van der Waals surface area contributed by atoms with E-state index in [1.54, 1.807) is 7.11 Å². The molecule has 0 atom stereocenters. The Kier molecular flexibility index (Phi) is 6.16. The second-order valence-corrected chi connectivity index (χ2v) is 4.93. The Hall–Kier alpha value is -1.06. The molecule has 1 aromatic carbocycles. The standard InChI is InChI=1S/C15H25NO2/c1-5-18-12-13-8-6-7-9-14(13)16-11-10-15(2,3)17-4/h6-9,16H,5,10-12H2,1-4H3. The van der Waals surface area contributed by atoms with E-state index in [9.17, 15) is 0 Å². The maximum Gasteiger partial charge on any atom is 0.0736 e. The third kappa shape index (κ3) is 5.07. The normalized spacial score (nSPS) is 11.6. The van der Waals surface area contributed by atoms with Crippen molar-refractivity contribution in [3.8, 4) is 0 Å². The van der Waals surface area contributed by atoms with Gasteiger partial charge in [-0.3, -0.25) is 0 Å². The Morgan fingerprint density at radius 1 is 1.22 bits per heavy atom. The molecule has 0 aromatic heterocycles. The quantitative estimate of drug-likeness (QED) is 0.767. The monoisotopic (exact) mass is 251 g/mol. The van der Waals surface area contributed by atoms with Crippen molar-refractivity contribution in [2.45, 2.75) is 39.4 Å². The lowest BCUT2D eigenvalue weighted by Gasteiger charge is -2.23. The van der Waals surface area contributed by atoms with Crippen LogP contribution >= 0.6 is 0 Å². The minimum absolute atomic E-state index is 0.0815. The van der Waals surface area contributed by atoms with E-state index in [1.807, 2.05) is 19.1 Å². The van der Waals surface area contributed by atoms with Crippen LogP contribution in [0.2, 0.25) is 0 Å². The van der Waals surface area contributed by atoms with Gasteiger partial charge in [-0.2, -0.15) is 0 Å². The Morgan fingerprint density at radius 2 is 1.94 bits per heavy atom. The molecular formula is C15H25NO2. The summed E-state index contributed by atoms with van der Waals surface area (Å²) in [5, 5.41) is 3.45. The van der Waals surface area contributed by atoms with Crippen LogP contribution in [0.3, 0.4) is 0 Å². The zero-order valence-electron chi connectivity index (χ0n) is 12.0. The lowest BCUT2D eigenvalue weighted by molar-refractivity contribution is 0.0185. The van der Waals surface area contributed by atoms with Crippen molar-refractivity contribution in [3.63, 3.8) is 0 Å². The summed E-state index contributed by atoms with van der Waals surface area (Å²) in [5.74, 6) is 0. The first-order valence-electron chi connectivity index (χ1n) is 6.53. The van der Waals surface area contributed by atoms with Crippen LogP contribution in [0.4, 0.5) is 5.69 Å². The number of hydrogen-bond acceptors (Lipinski definition) is 3. The van der Waals surface area contributed by atoms with Crippen molar-refractivity contribution in [1.82, 2.24) is 0 Å². The molecule has 0 unspecified atom stereocenters. The Morgan fingerprint density at radius 3 is 2.61 bits per heavy atom. The van der Waals surface area contributed by atoms with E-state index < -0.39 is 0 Å². The fraction of sp³-hybridized carbons (Fsp3) is 0.600. The van der Waals surface area contributed by atoms with Gasteiger partial charge in [-0.1, -0.05) is 18.2 Å². The molecule has 0 radical (unpaired) electrons. The number of para-hydroxylation sites is 1. The first kappa shape index (κ1) is 15.0. The molecule has 102 valence electrons. The number of hydrogen-bond donors (Lipinski definition) is 1. The van der Waals surface area contributed by atoms with Gasteiger partial charge < -0.3 is 14.8 Å². The van der Waals surface area contributed by atoms with Gasteiger partial charge in [0.15, 0.2) is 0 Å². The number of rotatable bonds is 8. The third-order valence-electron chi connectivity index (χ3n) is 3.07. The van der Waals surface area contributed by atoms with Crippen molar-refractivity contribution in [2.75, 3.05) is 25.6 Å². The third-order valence-corrected chi connectivity index (χ3v) is 3.07. The molecule has 0 saturated heterocycles. The molecule has 1 aromatic rings. The van der Waals surface area contributed by atoms with Gasteiger partial charge in [0.05, 0.1) is 12.2 Å². The van der Waals surface area contributed by atoms with Gasteiger partial charge in [-0.05, 0) is 33.3 Å². The maximum atomic E-state index is 5.46. The van der Waals surface area contributed by atoms with E-state index in [2.05, 4.69) is 31.3 Å². The van der Waals surface area contributed by atoms with Crippen molar-refractivity contribution in [3.05, 3.63) is 29.8 Å². The van der Waals surface area contributed by atoms with E-state index in [0.29, 0.717) is 6.61 Å². The zero-order chi connectivity index (χ0) is 13.4. The highest BCUT2D eigenvalue weighted by Crippen LogP contribution is 2.18. The molecule has 0 spiro atoms. The van der Waals surface area contributed by atoms with Crippen LogP contribution in [0.15, 0.2) is 24.3 Å². The first-order valence-corrected chi connectivity index (χ1v) is 6.53. The summed E-state index contributed by atoms with van der Waals surface area (Å²) in [6.07, 6.45) is 0.965. The molecule has 3 nitrogen and oxygen atoms in total. The zero-order valence-corrected chi connectivity index (χ0v) is 12.0. The Balaban J connectivity index is 2.51. The van der Waals surface area contributed by atoms with Gasteiger partial charge in [0.25, 0.3) is 0 Å². The molecule has 3 heteroatoms. The summed E-state index contributed by atoms with van der Waals surface area (Å²) in [7, 11) is 1.75. The Labute approximate surface area is 110 Å². The number of ether oxygens (including phenoxy) is 2. The smallest absolute Gasteiger partial charge is 0.0736 e. The highest BCUT2D eigenvalue weighted by molar-refractivity contribution is 5.50. The molecule has 0 aliphatic carbocycles. The lowest BCUT2D eigenvalue weighted by atomic mass is 10.1. The minimum Gasteiger partial charge on any atom is -0.385 e. The van der Waals surface area contributed by atoms with Crippen LogP contribution in [0, 0.1) is 0 Å². The summed E-state index contributed by atoms with van der Waals surface area (Å²) in [4.78, 5) is 0. The molecule has 0 aliphatic rings. The van der Waals surface area contributed by atoms with Crippen LogP contribution in [0.5, 0.6) is 0 Å². The maximum absolute atomic E-state index is 5.46. The first-order chi connectivity index (χ1) is 8.59. The molecular weight excluding hydrogens is 226 g/mol. The van der Waals surface area contributed by atoms with Gasteiger partial charge >= 0.3 is 0 Å². The number of methoxy groups -OCH3 is 1. The second-order valence-electron chi connectivity index (χ2n) is 4.93. The van der Waals surface area contributed by atoms with Crippen LogP contribution in [0.25, 0.3) is 0 Å². The van der Waals surface area contributed by atoms with E-state index in [4.69, 9.17) is 9.47 Å². The average Bonchev–Trinajstić information content (AvgIpc) is 2.37. The molecule has 18 heavy (non-hydrogen) atoms. The number of nitrogens with one attached hydrogen (secondary N) is 1. The van der Waals surface area contributed by atoms with Gasteiger partial charge in [-0.15, -0.1) is 0 Å². The molecule has 1 rings (SSSR count). The molecule has 0 heterocycles. The van der Waals surface area contributed by atoms with Gasteiger partial charge in [0.2, 0.25) is 0 Å². The van der Waals surface area contributed by atoms with Crippen molar-refractivity contribution in [2.24, 2.45) is 0 Å². The molecule has 0 saturated carbocycles. The lowest BCUT2D eigenvalue weighted by Crippen LogP contribution is -2.25. The van der Waals surface area contributed by atoms with Gasteiger partial charge in [0.1, 0.15) is 0 Å². The topological polar surface area (TPSA) is 30.5 Å². The molecule has 0 fully saturated rings. The second kappa shape index (κ2) is 7.39. The number of benzene rings is 1. The summed E-state index contributed by atoms with van der Waals surface area (Å²) >= 11 is 0. The van der Waals surface area contributed by atoms with Crippen molar-refractivity contribution >= 4 is 5.69 Å². The van der Waals surface area contributed by atoms with Gasteiger partial charge in [-0.25, -0.2) is 0 Å². The summed E-state index contributed by atoms with van der Waals surface area (Å²) in [6, 6.07) is 8.27. The SMILES string of the molecule is CCOCc1ccccc1NCCC(C)(C)OC. The van der Waals surface area contributed by atoms with Crippen LogP contribution in [0.1, 0.15) is 32.8 Å². The van der Waals surface area contributed by atoms with E-state index in [0.717, 1.165) is 25.3 Å². The molecule has 1 N–H and O–H groups in total. The van der Waals surface area contributed by atoms with E-state index >= 15 is 0 Å². The largest absolute Gasteiger partial charge is 0.385 e. The minimum atomic E-state index is -0.0815. The highest BCUT2D eigenvalue weighted by atomic mass is 16.5. The van der Waals surface area contributed by atoms with Gasteiger partial charge in [0, 0.05) is 31.5 Å². The summed E-state index contributed by atoms with van der Waals surface area (Å²) in [5.41, 5.74) is 2.27. The van der Waals surface area contributed by atoms with E-state index in [1.165, 1.54) is 5.56 Å². The predicted molar refractivity (Wildman–Crippen MR) is 76.0 cm³/mol. The van der Waals surface area contributed by atoms with Crippen molar-refractivity contribution < 1.29 is 9.47 Å². The Bertz CT molecular complexity index is 350. The predicted octanol–water partition coefficient (Wildman–Crippen LogP) is 3.45. The fourth-order valence-electron chi connectivity index (χ4n) is 1.63. The fourth-order valence-corrected chi connectivity index (χ4v) is 1.63. The average molecular weight is 251 g/mol. The number of anilines is 1. The van der Waals surface area contributed by atoms with Crippen LogP contribution < -0.4 is 5.32 Å². The molecule has 0 bridgehead atoms. The molecule has 0 amide bonds. The molecule has 0 aliphatic heterocycles. The van der Waals surface area contributed by atoms with Crippen LogP contribution in [-0.2, 0) is 16.1 Å². The van der Waals surface area contributed by atoms with Crippen molar-refractivity contribution in [1.29, 1.82) is 0 Å². The van der Waals surface area contributed by atoms with E-state index in [-0.39, 0.29) is 5.60 Å². The summed E-state index contributed by atoms with van der Waals surface area (Å²) in [6.45, 7) is 8.50. The summed E-state index contributed by atoms with van der Waals surface area (Å²) < 4.78 is 10.9. The van der Waals surface area contributed by atoms with Crippen LogP contribution in [-0.4, -0.2) is 25.9 Å².